The molecule has 2 atom stereocenters. The summed E-state index contributed by atoms with van der Waals surface area (Å²) in [6, 6.07) is 4.54. The molecule has 0 aromatic heterocycles. The molecular formula is C12H15NO4S. The quantitative estimate of drug-likeness (QED) is 0.605. The number of thiol groups is 1. The first kappa shape index (κ1) is 14.4. The van der Waals surface area contributed by atoms with Crippen LogP contribution in [0.5, 0.6) is 5.75 Å². The maximum atomic E-state index is 11.7. The summed E-state index contributed by atoms with van der Waals surface area (Å²) in [5.74, 6) is -1.51. The predicted molar refractivity (Wildman–Crippen MR) is 69.6 cm³/mol. The Hall–Kier alpha value is -1.69. The van der Waals surface area contributed by atoms with Crippen LogP contribution in [0.1, 0.15) is 18.5 Å². The molecule has 0 aliphatic rings. The van der Waals surface area contributed by atoms with Gasteiger partial charge in [0.2, 0.25) is 5.91 Å². The number of carboxylic acids is 1. The highest BCUT2D eigenvalue weighted by atomic mass is 32.1. The number of carbonyl (C=O) groups is 2. The van der Waals surface area contributed by atoms with Crippen molar-refractivity contribution in [3.63, 3.8) is 0 Å². The van der Waals surface area contributed by atoms with Gasteiger partial charge in [-0.25, -0.2) is 4.79 Å². The summed E-state index contributed by atoms with van der Waals surface area (Å²) >= 11 is 3.99. The SMILES string of the molecule is C[C@H](CS)C(=O)N[C@@H](C(=O)O)c1ccc(O)cc1. The highest BCUT2D eigenvalue weighted by Gasteiger charge is 2.23. The van der Waals surface area contributed by atoms with Crippen LogP contribution in [0.3, 0.4) is 0 Å². The first-order valence-electron chi connectivity index (χ1n) is 5.38. The van der Waals surface area contributed by atoms with Crippen LogP contribution in [-0.4, -0.2) is 27.8 Å². The van der Waals surface area contributed by atoms with Crippen molar-refractivity contribution in [2.24, 2.45) is 5.92 Å². The fourth-order valence-electron chi connectivity index (χ4n) is 1.32. The van der Waals surface area contributed by atoms with E-state index in [-0.39, 0.29) is 17.6 Å². The molecule has 5 nitrogen and oxygen atoms in total. The lowest BCUT2D eigenvalue weighted by Gasteiger charge is -2.17. The molecule has 0 saturated heterocycles. The van der Waals surface area contributed by atoms with E-state index in [1.807, 2.05) is 0 Å². The number of rotatable bonds is 5. The summed E-state index contributed by atoms with van der Waals surface area (Å²) in [6.45, 7) is 1.66. The van der Waals surface area contributed by atoms with Crippen molar-refractivity contribution in [2.45, 2.75) is 13.0 Å². The molecule has 1 amide bonds. The van der Waals surface area contributed by atoms with Gasteiger partial charge in [-0.15, -0.1) is 0 Å². The number of nitrogens with one attached hydrogen (secondary N) is 1. The Morgan fingerprint density at radius 1 is 1.33 bits per heavy atom. The molecule has 0 heterocycles. The van der Waals surface area contributed by atoms with Crippen molar-refractivity contribution >= 4 is 24.5 Å². The van der Waals surface area contributed by atoms with Crippen LogP contribution >= 0.6 is 12.6 Å². The van der Waals surface area contributed by atoms with E-state index in [1.165, 1.54) is 24.3 Å². The van der Waals surface area contributed by atoms with Crippen molar-refractivity contribution in [1.29, 1.82) is 0 Å². The van der Waals surface area contributed by atoms with Crippen molar-refractivity contribution in [3.8, 4) is 5.75 Å². The summed E-state index contributed by atoms with van der Waals surface area (Å²) in [6.07, 6.45) is 0. The molecule has 0 aliphatic carbocycles. The van der Waals surface area contributed by atoms with E-state index in [4.69, 9.17) is 10.2 Å². The fraction of sp³-hybridized carbons (Fsp3) is 0.333. The number of aliphatic carboxylic acids is 1. The lowest BCUT2D eigenvalue weighted by atomic mass is 10.1. The standard InChI is InChI=1S/C12H15NO4S/c1-7(6-18)11(15)13-10(12(16)17)8-2-4-9(14)5-3-8/h2-5,7,10,14,18H,6H2,1H3,(H,13,15)(H,16,17)/t7-,10-/m1/s1. The molecule has 1 aromatic carbocycles. The smallest absolute Gasteiger partial charge is 0.330 e. The Bertz CT molecular complexity index is 432. The molecule has 18 heavy (non-hydrogen) atoms. The van der Waals surface area contributed by atoms with Crippen LogP contribution in [0.4, 0.5) is 0 Å². The molecular weight excluding hydrogens is 254 g/mol. The Morgan fingerprint density at radius 3 is 2.33 bits per heavy atom. The molecule has 0 saturated carbocycles. The van der Waals surface area contributed by atoms with Crippen LogP contribution in [0.15, 0.2) is 24.3 Å². The van der Waals surface area contributed by atoms with Gasteiger partial charge in [0.15, 0.2) is 6.04 Å². The normalized spacial score (nSPS) is 13.7. The van der Waals surface area contributed by atoms with E-state index < -0.39 is 12.0 Å². The number of phenolic OH excluding ortho intramolecular Hbond substituents is 1. The van der Waals surface area contributed by atoms with E-state index in [0.29, 0.717) is 11.3 Å². The van der Waals surface area contributed by atoms with E-state index in [2.05, 4.69) is 17.9 Å². The number of amides is 1. The zero-order valence-corrected chi connectivity index (χ0v) is 10.7. The highest BCUT2D eigenvalue weighted by molar-refractivity contribution is 7.80. The predicted octanol–water partition coefficient (Wildman–Crippen LogP) is 1.20. The monoisotopic (exact) mass is 269 g/mol. The number of benzene rings is 1. The number of phenols is 1. The molecule has 0 aliphatic heterocycles. The van der Waals surface area contributed by atoms with Gasteiger partial charge in [-0.1, -0.05) is 19.1 Å². The van der Waals surface area contributed by atoms with E-state index >= 15 is 0 Å². The topological polar surface area (TPSA) is 86.6 Å². The first-order valence-corrected chi connectivity index (χ1v) is 6.02. The largest absolute Gasteiger partial charge is 0.508 e. The maximum Gasteiger partial charge on any atom is 0.330 e. The van der Waals surface area contributed by atoms with Gasteiger partial charge in [-0.2, -0.15) is 12.6 Å². The van der Waals surface area contributed by atoms with Crippen LogP contribution in [-0.2, 0) is 9.59 Å². The van der Waals surface area contributed by atoms with Crippen LogP contribution in [0.2, 0.25) is 0 Å². The Balaban J connectivity index is 2.87. The van der Waals surface area contributed by atoms with Crippen LogP contribution in [0, 0.1) is 5.92 Å². The van der Waals surface area contributed by atoms with Gasteiger partial charge in [0.1, 0.15) is 5.75 Å². The number of carbonyl (C=O) groups excluding carboxylic acids is 1. The number of hydrogen-bond donors (Lipinski definition) is 4. The molecule has 3 N–H and O–H groups in total. The van der Waals surface area contributed by atoms with Gasteiger partial charge in [0.25, 0.3) is 0 Å². The lowest BCUT2D eigenvalue weighted by Crippen LogP contribution is -2.37. The van der Waals surface area contributed by atoms with Crippen molar-refractivity contribution in [1.82, 2.24) is 5.32 Å². The molecule has 1 rings (SSSR count). The summed E-state index contributed by atoms with van der Waals surface area (Å²) in [4.78, 5) is 22.8. The lowest BCUT2D eigenvalue weighted by molar-refractivity contribution is -0.142. The molecule has 6 heteroatoms. The minimum absolute atomic E-state index is 0.0398. The fourth-order valence-corrected chi connectivity index (χ4v) is 1.49. The zero-order chi connectivity index (χ0) is 13.7. The minimum atomic E-state index is -1.15. The van der Waals surface area contributed by atoms with Gasteiger partial charge >= 0.3 is 5.97 Å². The van der Waals surface area contributed by atoms with E-state index in [1.54, 1.807) is 6.92 Å². The Kier molecular flexibility index (Phi) is 5.03. The summed E-state index contributed by atoms with van der Waals surface area (Å²) < 4.78 is 0. The second-order valence-electron chi connectivity index (χ2n) is 3.95. The van der Waals surface area contributed by atoms with Crippen molar-refractivity contribution in [3.05, 3.63) is 29.8 Å². The van der Waals surface area contributed by atoms with Gasteiger partial charge in [0.05, 0.1) is 0 Å². The van der Waals surface area contributed by atoms with E-state index in [0.717, 1.165) is 0 Å². The Morgan fingerprint density at radius 2 is 1.89 bits per heavy atom. The third-order valence-corrected chi connectivity index (χ3v) is 3.03. The molecule has 0 spiro atoms. The summed E-state index contributed by atoms with van der Waals surface area (Å²) in [5.41, 5.74) is 0.403. The highest BCUT2D eigenvalue weighted by Crippen LogP contribution is 2.17. The summed E-state index contributed by atoms with van der Waals surface area (Å²) in [7, 11) is 0. The van der Waals surface area contributed by atoms with Crippen molar-refractivity contribution in [2.75, 3.05) is 5.75 Å². The molecule has 0 radical (unpaired) electrons. The molecule has 0 bridgehead atoms. The summed E-state index contributed by atoms with van der Waals surface area (Å²) in [5, 5.41) is 20.7. The average molecular weight is 269 g/mol. The number of hydrogen-bond acceptors (Lipinski definition) is 4. The van der Waals surface area contributed by atoms with Gasteiger partial charge in [-0.3, -0.25) is 4.79 Å². The van der Waals surface area contributed by atoms with Crippen LogP contribution < -0.4 is 5.32 Å². The second-order valence-corrected chi connectivity index (χ2v) is 4.32. The third kappa shape index (κ3) is 3.66. The average Bonchev–Trinajstić information content (AvgIpc) is 2.35. The van der Waals surface area contributed by atoms with Gasteiger partial charge in [0, 0.05) is 11.7 Å². The number of aromatic hydroxyl groups is 1. The molecule has 1 aromatic rings. The molecule has 98 valence electrons. The minimum Gasteiger partial charge on any atom is -0.508 e. The van der Waals surface area contributed by atoms with Gasteiger partial charge in [-0.05, 0) is 17.7 Å². The zero-order valence-electron chi connectivity index (χ0n) is 9.83. The first-order chi connectivity index (χ1) is 8.45. The molecule has 0 unspecified atom stereocenters. The van der Waals surface area contributed by atoms with Crippen molar-refractivity contribution < 1.29 is 19.8 Å². The maximum absolute atomic E-state index is 11.7. The second kappa shape index (κ2) is 6.30. The van der Waals surface area contributed by atoms with E-state index in [9.17, 15) is 9.59 Å². The van der Waals surface area contributed by atoms with Crippen LogP contribution in [0.25, 0.3) is 0 Å². The third-order valence-electron chi connectivity index (χ3n) is 2.48. The Labute approximate surface area is 110 Å². The molecule has 0 fully saturated rings. The number of carboxylic acid groups (broad SMARTS) is 1. The van der Waals surface area contributed by atoms with Gasteiger partial charge < -0.3 is 15.5 Å².